The number of hydrogen-bond acceptors (Lipinski definition) is 3. The third-order valence-electron chi connectivity index (χ3n) is 3.69. The SMILES string of the molecule is Cc1ccc(CN(C)c2ccccc2/C(N)=N/O)cc1C. The van der Waals surface area contributed by atoms with Crippen molar-refractivity contribution in [2.45, 2.75) is 20.4 Å². The number of rotatable bonds is 4. The first-order chi connectivity index (χ1) is 10.0. The minimum Gasteiger partial charge on any atom is -0.409 e. The molecule has 0 heterocycles. The minimum atomic E-state index is 0.123. The van der Waals surface area contributed by atoms with E-state index >= 15 is 0 Å². The van der Waals surface area contributed by atoms with Crippen LogP contribution < -0.4 is 10.6 Å². The summed E-state index contributed by atoms with van der Waals surface area (Å²) in [5.41, 5.74) is 11.2. The van der Waals surface area contributed by atoms with Crippen LogP contribution >= 0.6 is 0 Å². The summed E-state index contributed by atoms with van der Waals surface area (Å²) < 4.78 is 0. The third kappa shape index (κ3) is 3.34. The van der Waals surface area contributed by atoms with E-state index in [0.717, 1.165) is 17.8 Å². The molecule has 2 aromatic carbocycles. The first-order valence-electron chi connectivity index (χ1n) is 6.87. The van der Waals surface area contributed by atoms with Gasteiger partial charge in [0.2, 0.25) is 0 Å². The van der Waals surface area contributed by atoms with Crippen LogP contribution in [0.2, 0.25) is 0 Å². The maximum Gasteiger partial charge on any atom is 0.172 e. The summed E-state index contributed by atoms with van der Waals surface area (Å²) in [7, 11) is 2.00. The van der Waals surface area contributed by atoms with E-state index in [2.05, 4.69) is 42.1 Å². The average Bonchev–Trinajstić information content (AvgIpc) is 2.50. The normalized spacial score (nSPS) is 11.5. The van der Waals surface area contributed by atoms with E-state index in [9.17, 15) is 0 Å². The van der Waals surface area contributed by atoms with E-state index in [1.165, 1.54) is 16.7 Å². The molecular weight excluding hydrogens is 262 g/mol. The molecular formula is C17H21N3O. The number of aryl methyl sites for hydroxylation is 2. The molecule has 0 amide bonds. The lowest BCUT2D eigenvalue weighted by Gasteiger charge is -2.22. The first kappa shape index (κ1) is 14.9. The lowest BCUT2D eigenvalue weighted by molar-refractivity contribution is 0.318. The topological polar surface area (TPSA) is 61.8 Å². The van der Waals surface area contributed by atoms with Gasteiger partial charge in [-0.15, -0.1) is 0 Å². The van der Waals surface area contributed by atoms with E-state index < -0.39 is 0 Å². The average molecular weight is 283 g/mol. The Kier molecular flexibility index (Phi) is 4.48. The number of benzene rings is 2. The molecule has 0 radical (unpaired) electrons. The summed E-state index contributed by atoms with van der Waals surface area (Å²) >= 11 is 0. The number of nitrogens with zero attached hydrogens (tertiary/aromatic N) is 2. The summed E-state index contributed by atoms with van der Waals surface area (Å²) in [6, 6.07) is 14.1. The molecule has 2 rings (SSSR count). The molecule has 0 spiro atoms. The highest BCUT2D eigenvalue weighted by molar-refractivity contribution is 6.02. The molecule has 110 valence electrons. The number of amidine groups is 1. The predicted octanol–water partition coefficient (Wildman–Crippen LogP) is 3.03. The molecule has 0 unspecified atom stereocenters. The number of nitrogens with two attached hydrogens (primary N) is 1. The molecule has 2 aromatic rings. The number of anilines is 1. The number of para-hydroxylation sites is 1. The molecule has 0 aliphatic heterocycles. The second-order valence-corrected chi connectivity index (χ2v) is 5.28. The van der Waals surface area contributed by atoms with Crippen molar-refractivity contribution >= 4 is 11.5 Å². The van der Waals surface area contributed by atoms with Crippen LogP contribution in [0.3, 0.4) is 0 Å². The van der Waals surface area contributed by atoms with Crippen molar-refractivity contribution in [1.82, 2.24) is 0 Å². The van der Waals surface area contributed by atoms with Gasteiger partial charge in [-0.2, -0.15) is 0 Å². The summed E-state index contributed by atoms with van der Waals surface area (Å²) in [6.45, 7) is 4.98. The van der Waals surface area contributed by atoms with Crippen molar-refractivity contribution in [2.24, 2.45) is 10.9 Å². The molecule has 0 saturated carbocycles. The summed E-state index contributed by atoms with van der Waals surface area (Å²) in [6.07, 6.45) is 0. The Bertz CT molecular complexity index is 665. The fourth-order valence-electron chi connectivity index (χ4n) is 2.34. The molecule has 4 nitrogen and oxygen atoms in total. The molecule has 3 N–H and O–H groups in total. The summed E-state index contributed by atoms with van der Waals surface area (Å²) in [4.78, 5) is 2.09. The van der Waals surface area contributed by atoms with Crippen molar-refractivity contribution in [2.75, 3.05) is 11.9 Å². The first-order valence-corrected chi connectivity index (χ1v) is 6.87. The van der Waals surface area contributed by atoms with Crippen LogP contribution in [-0.4, -0.2) is 18.1 Å². The summed E-state index contributed by atoms with van der Waals surface area (Å²) in [5.74, 6) is 0.123. The predicted molar refractivity (Wildman–Crippen MR) is 87.0 cm³/mol. The van der Waals surface area contributed by atoms with Gasteiger partial charge in [0.1, 0.15) is 0 Å². The molecule has 0 aromatic heterocycles. The van der Waals surface area contributed by atoms with E-state index in [1.807, 2.05) is 31.3 Å². The second-order valence-electron chi connectivity index (χ2n) is 5.28. The molecule has 21 heavy (non-hydrogen) atoms. The third-order valence-corrected chi connectivity index (χ3v) is 3.69. The zero-order chi connectivity index (χ0) is 15.4. The van der Waals surface area contributed by atoms with Crippen LogP contribution in [0.1, 0.15) is 22.3 Å². The molecule has 4 heteroatoms. The standard InChI is InChI=1S/C17H21N3O/c1-12-8-9-14(10-13(12)2)11-20(3)16-7-5-4-6-15(16)17(18)19-21/h4-10,21H,11H2,1-3H3,(H2,18,19). The number of hydrogen-bond donors (Lipinski definition) is 2. The maximum atomic E-state index is 8.90. The lowest BCUT2D eigenvalue weighted by Crippen LogP contribution is -2.22. The highest BCUT2D eigenvalue weighted by Crippen LogP contribution is 2.21. The summed E-state index contributed by atoms with van der Waals surface area (Å²) in [5, 5.41) is 12.0. The Hall–Kier alpha value is -2.49. The lowest BCUT2D eigenvalue weighted by atomic mass is 10.1. The van der Waals surface area contributed by atoms with Crippen molar-refractivity contribution in [1.29, 1.82) is 0 Å². The van der Waals surface area contributed by atoms with E-state index in [4.69, 9.17) is 10.9 Å². The van der Waals surface area contributed by atoms with Crippen LogP contribution in [0, 0.1) is 13.8 Å². The van der Waals surface area contributed by atoms with E-state index in [0.29, 0.717) is 0 Å². The Morgan fingerprint density at radius 2 is 1.86 bits per heavy atom. The van der Waals surface area contributed by atoms with Crippen molar-refractivity contribution in [3.63, 3.8) is 0 Å². The van der Waals surface area contributed by atoms with Gasteiger partial charge >= 0.3 is 0 Å². The smallest absolute Gasteiger partial charge is 0.172 e. The van der Waals surface area contributed by atoms with Crippen LogP contribution in [-0.2, 0) is 6.54 Å². The minimum absolute atomic E-state index is 0.123. The molecule has 0 bridgehead atoms. The van der Waals surface area contributed by atoms with Crippen molar-refractivity contribution in [3.05, 3.63) is 64.7 Å². The van der Waals surface area contributed by atoms with Crippen LogP contribution in [0.15, 0.2) is 47.6 Å². The monoisotopic (exact) mass is 283 g/mol. The van der Waals surface area contributed by atoms with Gasteiger partial charge in [0.15, 0.2) is 5.84 Å². The zero-order valence-corrected chi connectivity index (χ0v) is 12.7. The Balaban J connectivity index is 2.28. The number of oxime groups is 1. The van der Waals surface area contributed by atoms with E-state index in [-0.39, 0.29) is 5.84 Å². The quantitative estimate of drug-likeness (QED) is 0.392. The van der Waals surface area contributed by atoms with Gasteiger partial charge in [0.25, 0.3) is 0 Å². The second kappa shape index (κ2) is 6.31. The van der Waals surface area contributed by atoms with Gasteiger partial charge in [0.05, 0.1) is 0 Å². The van der Waals surface area contributed by atoms with Crippen LogP contribution in [0.4, 0.5) is 5.69 Å². The van der Waals surface area contributed by atoms with Crippen molar-refractivity contribution in [3.8, 4) is 0 Å². The fraction of sp³-hybridized carbons (Fsp3) is 0.235. The molecule has 0 fully saturated rings. The highest BCUT2D eigenvalue weighted by Gasteiger charge is 2.11. The van der Waals surface area contributed by atoms with Crippen LogP contribution in [0.25, 0.3) is 0 Å². The molecule has 0 aliphatic carbocycles. The largest absolute Gasteiger partial charge is 0.409 e. The van der Waals surface area contributed by atoms with Gasteiger partial charge in [-0.3, -0.25) is 0 Å². The fourth-order valence-corrected chi connectivity index (χ4v) is 2.34. The van der Waals surface area contributed by atoms with Gasteiger partial charge in [-0.25, -0.2) is 0 Å². The Morgan fingerprint density at radius 3 is 2.52 bits per heavy atom. The van der Waals surface area contributed by atoms with Gasteiger partial charge in [-0.05, 0) is 42.7 Å². The van der Waals surface area contributed by atoms with Crippen LogP contribution in [0.5, 0.6) is 0 Å². The van der Waals surface area contributed by atoms with Gasteiger partial charge in [0, 0.05) is 24.8 Å². The molecule has 0 saturated heterocycles. The Labute approximate surface area is 125 Å². The maximum absolute atomic E-state index is 8.90. The molecule has 0 aliphatic rings. The van der Waals surface area contributed by atoms with Gasteiger partial charge < -0.3 is 15.8 Å². The van der Waals surface area contributed by atoms with E-state index in [1.54, 1.807) is 0 Å². The van der Waals surface area contributed by atoms with Gasteiger partial charge in [-0.1, -0.05) is 35.5 Å². The molecule has 0 atom stereocenters. The zero-order valence-electron chi connectivity index (χ0n) is 12.7. The van der Waals surface area contributed by atoms with Crippen molar-refractivity contribution < 1.29 is 5.21 Å². The highest BCUT2D eigenvalue weighted by atomic mass is 16.4. The Morgan fingerprint density at radius 1 is 1.14 bits per heavy atom.